The van der Waals surface area contributed by atoms with Crippen molar-refractivity contribution in [3.05, 3.63) is 18.2 Å². The average molecular weight is 180 g/mol. The summed E-state index contributed by atoms with van der Waals surface area (Å²) in [5, 5.41) is 8.74. The van der Waals surface area contributed by atoms with E-state index in [1.54, 1.807) is 0 Å². The van der Waals surface area contributed by atoms with Crippen molar-refractivity contribution in [2.75, 3.05) is 0 Å². The van der Waals surface area contributed by atoms with Crippen LogP contribution in [0.4, 0.5) is 13.2 Å². The maximum Gasteiger partial charge on any atom is 0.420 e. The Morgan fingerprint density at radius 3 is 2.50 bits per heavy atom. The van der Waals surface area contributed by atoms with E-state index in [9.17, 15) is 13.2 Å². The molecule has 0 radical (unpaired) electrons. The third-order valence-corrected chi connectivity index (χ3v) is 1.44. The van der Waals surface area contributed by atoms with Gasteiger partial charge < -0.3 is 9.67 Å². The highest BCUT2D eigenvalue weighted by molar-refractivity contribution is 5.03. The van der Waals surface area contributed by atoms with Crippen molar-refractivity contribution in [3.63, 3.8) is 0 Å². The van der Waals surface area contributed by atoms with Crippen LogP contribution in [-0.4, -0.2) is 20.8 Å². The molecule has 1 aromatic rings. The predicted molar refractivity (Wildman–Crippen MR) is 34.2 cm³/mol. The van der Waals surface area contributed by atoms with E-state index in [1.807, 2.05) is 0 Å². The molecule has 0 spiro atoms. The van der Waals surface area contributed by atoms with Crippen LogP contribution in [0.1, 0.15) is 11.8 Å². The molecule has 0 aromatic carbocycles. The number of aryl methyl sites for hydroxylation is 1. The second kappa shape index (κ2) is 2.78. The Morgan fingerprint density at radius 2 is 2.17 bits per heavy atom. The van der Waals surface area contributed by atoms with Crippen molar-refractivity contribution in [1.82, 2.24) is 9.55 Å². The van der Waals surface area contributed by atoms with Gasteiger partial charge in [0, 0.05) is 7.05 Å². The van der Waals surface area contributed by atoms with E-state index in [2.05, 4.69) is 4.98 Å². The van der Waals surface area contributed by atoms with Crippen molar-refractivity contribution in [1.29, 1.82) is 0 Å². The summed E-state index contributed by atoms with van der Waals surface area (Å²) in [5.41, 5.74) is -0.262. The number of imidazole rings is 1. The second-order valence-corrected chi connectivity index (χ2v) is 2.37. The summed E-state index contributed by atoms with van der Waals surface area (Å²) >= 11 is 0. The smallest absolute Gasteiger partial charge is 0.378 e. The third-order valence-electron chi connectivity index (χ3n) is 1.44. The molecule has 1 N–H and O–H groups in total. The van der Waals surface area contributed by atoms with Gasteiger partial charge in [-0.15, -0.1) is 0 Å². The average Bonchev–Trinajstić information content (AvgIpc) is 2.31. The fourth-order valence-corrected chi connectivity index (χ4v) is 0.799. The number of aliphatic hydroxyl groups excluding tert-OH is 1. The van der Waals surface area contributed by atoms with Crippen LogP contribution in [0.2, 0.25) is 0 Å². The lowest BCUT2D eigenvalue weighted by molar-refractivity contribution is -0.208. The summed E-state index contributed by atoms with van der Waals surface area (Å²) < 4.78 is 36.8. The van der Waals surface area contributed by atoms with Gasteiger partial charge in [-0.1, -0.05) is 0 Å². The number of aromatic nitrogens is 2. The molecule has 0 bridgehead atoms. The Bertz CT molecular complexity index is 268. The first-order chi connectivity index (χ1) is 5.43. The Kier molecular flexibility index (Phi) is 2.10. The van der Waals surface area contributed by atoms with Gasteiger partial charge in [-0.2, -0.15) is 13.2 Å². The van der Waals surface area contributed by atoms with Crippen LogP contribution in [0, 0.1) is 0 Å². The lowest BCUT2D eigenvalue weighted by Gasteiger charge is -2.14. The molecule has 1 heterocycles. The number of hydrogen-bond acceptors (Lipinski definition) is 2. The number of nitrogens with zero attached hydrogens (tertiary/aromatic N) is 2. The molecule has 0 saturated carbocycles. The van der Waals surface area contributed by atoms with E-state index in [0.717, 1.165) is 10.8 Å². The van der Waals surface area contributed by atoms with Crippen molar-refractivity contribution in [3.8, 4) is 0 Å². The highest BCUT2D eigenvalue weighted by Gasteiger charge is 2.40. The second-order valence-electron chi connectivity index (χ2n) is 2.37. The zero-order chi connectivity index (χ0) is 9.35. The van der Waals surface area contributed by atoms with Crippen molar-refractivity contribution in [2.45, 2.75) is 12.3 Å². The Labute approximate surface area is 66.5 Å². The monoisotopic (exact) mass is 180 g/mol. The summed E-state index contributed by atoms with van der Waals surface area (Å²) in [6.45, 7) is 0. The molecule has 6 heteroatoms. The van der Waals surface area contributed by atoms with Gasteiger partial charge in [-0.05, 0) is 0 Å². The lowest BCUT2D eigenvalue weighted by atomic mass is 10.2. The summed E-state index contributed by atoms with van der Waals surface area (Å²) in [7, 11) is 1.39. The van der Waals surface area contributed by atoms with E-state index < -0.39 is 12.3 Å². The topological polar surface area (TPSA) is 38.0 Å². The van der Waals surface area contributed by atoms with Crippen LogP contribution in [-0.2, 0) is 7.05 Å². The van der Waals surface area contributed by atoms with Crippen LogP contribution < -0.4 is 0 Å². The SMILES string of the molecule is Cn1cncc1[C@@H](O)C(F)(F)F. The molecule has 3 nitrogen and oxygen atoms in total. The Morgan fingerprint density at radius 1 is 1.58 bits per heavy atom. The largest absolute Gasteiger partial charge is 0.420 e. The standard InChI is InChI=1S/C6H7F3N2O/c1-11-3-10-2-4(11)5(12)6(7,8)9/h2-3,5,12H,1H3/t5-/m1/s1. The highest BCUT2D eigenvalue weighted by atomic mass is 19.4. The summed E-state index contributed by atoms with van der Waals surface area (Å²) in [4.78, 5) is 3.46. The molecule has 68 valence electrons. The molecule has 1 aromatic heterocycles. The first kappa shape index (κ1) is 9.05. The van der Waals surface area contributed by atoms with E-state index in [-0.39, 0.29) is 5.69 Å². The fraction of sp³-hybridized carbons (Fsp3) is 0.500. The molecule has 0 saturated heterocycles. The van der Waals surface area contributed by atoms with Gasteiger partial charge in [0.25, 0.3) is 0 Å². The van der Waals surface area contributed by atoms with E-state index in [4.69, 9.17) is 5.11 Å². The number of aliphatic hydroxyl groups is 1. The fourth-order valence-electron chi connectivity index (χ4n) is 0.799. The van der Waals surface area contributed by atoms with Gasteiger partial charge in [0.05, 0.1) is 18.2 Å². The minimum Gasteiger partial charge on any atom is -0.378 e. The van der Waals surface area contributed by atoms with Crippen LogP contribution in [0.3, 0.4) is 0 Å². The van der Waals surface area contributed by atoms with Gasteiger partial charge in [0.1, 0.15) is 0 Å². The van der Waals surface area contributed by atoms with E-state index in [0.29, 0.717) is 0 Å². The maximum atomic E-state index is 11.9. The molecule has 1 atom stereocenters. The molecule has 0 aliphatic rings. The number of rotatable bonds is 1. The van der Waals surface area contributed by atoms with Crippen LogP contribution in [0.25, 0.3) is 0 Å². The predicted octanol–water partition coefficient (Wildman–Crippen LogP) is 1.02. The normalized spacial score (nSPS) is 14.8. The summed E-state index contributed by atoms with van der Waals surface area (Å²) in [5.74, 6) is 0. The number of halogens is 3. The van der Waals surface area contributed by atoms with Crippen molar-refractivity contribution < 1.29 is 18.3 Å². The molecule has 0 aliphatic carbocycles. The van der Waals surface area contributed by atoms with Gasteiger partial charge in [-0.25, -0.2) is 4.98 Å². The maximum absolute atomic E-state index is 11.9. The lowest BCUT2D eigenvalue weighted by Crippen LogP contribution is -2.22. The molecule has 0 aliphatic heterocycles. The van der Waals surface area contributed by atoms with Gasteiger partial charge in [0.15, 0.2) is 6.10 Å². The Hall–Kier alpha value is -1.04. The molecule has 12 heavy (non-hydrogen) atoms. The molecular weight excluding hydrogens is 173 g/mol. The summed E-state index contributed by atoms with van der Waals surface area (Å²) in [6.07, 6.45) is -4.90. The first-order valence-corrected chi connectivity index (χ1v) is 3.14. The van der Waals surface area contributed by atoms with Crippen molar-refractivity contribution in [2.24, 2.45) is 7.05 Å². The van der Waals surface area contributed by atoms with E-state index >= 15 is 0 Å². The highest BCUT2D eigenvalue weighted by Crippen LogP contribution is 2.31. The molecular formula is C6H7F3N2O. The molecule has 0 fully saturated rings. The zero-order valence-corrected chi connectivity index (χ0v) is 6.21. The van der Waals surface area contributed by atoms with Gasteiger partial charge >= 0.3 is 6.18 Å². The van der Waals surface area contributed by atoms with E-state index in [1.165, 1.54) is 13.4 Å². The summed E-state index contributed by atoms with van der Waals surface area (Å²) in [6, 6.07) is 0. The molecule has 0 amide bonds. The molecule has 1 rings (SSSR count). The van der Waals surface area contributed by atoms with Gasteiger partial charge in [0.2, 0.25) is 0 Å². The zero-order valence-electron chi connectivity index (χ0n) is 6.21. The Balaban J connectivity index is 2.92. The van der Waals surface area contributed by atoms with Gasteiger partial charge in [-0.3, -0.25) is 0 Å². The molecule has 0 unspecified atom stereocenters. The third kappa shape index (κ3) is 1.58. The van der Waals surface area contributed by atoms with Crippen molar-refractivity contribution >= 4 is 0 Å². The van der Waals surface area contributed by atoms with Crippen LogP contribution >= 0.6 is 0 Å². The number of alkyl halides is 3. The number of hydrogen-bond donors (Lipinski definition) is 1. The minimum absolute atomic E-state index is 0.262. The minimum atomic E-state index is -4.63. The van der Waals surface area contributed by atoms with Crippen LogP contribution in [0.5, 0.6) is 0 Å². The van der Waals surface area contributed by atoms with Crippen LogP contribution in [0.15, 0.2) is 12.5 Å². The quantitative estimate of drug-likeness (QED) is 0.700. The first-order valence-electron chi connectivity index (χ1n) is 3.14.